The van der Waals surface area contributed by atoms with Crippen molar-refractivity contribution in [2.75, 3.05) is 5.32 Å². The normalized spacial score (nSPS) is 11.8. The Morgan fingerprint density at radius 1 is 1.12 bits per heavy atom. The van der Waals surface area contributed by atoms with Crippen molar-refractivity contribution in [1.29, 1.82) is 0 Å². The number of aromatic nitrogens is 3. The van der Waals surface area contributed by atoms with Gasteiger partial charge in [-0.05, 0) is 42.7 Å². The molecule has 1 aromatic carbocycles. The van der Waals surface area contributed by atoms with E-state index in [0.717, 1.165) is 28.1 Å². The predicted molar refractivity (Wildman–Crippen MR) is 127 cm³/mol. The van der Waals surface area contributed by atoms with Crippen LogP contribution in [0.1, 0.15) is 17.0 Å². The van der Waals surface area contributed by atoms with Crippen LogP contribution < -0.4 is 16.2 Å². The highest BCUT2D eigenvalue weighted by Gasteiger charge is 2.20. The number of anilines is 1. The Balaban J connectivity index is 1.55. The number of aryl methyl sites for hydroxylation is 1. The molecule has 8 heteroatoms. The molecule has 3 aromatic heterocycles. The van der Waals surface area contributed by atoms with Crippen LogP contribution >= 0.6 is 11.3 Å². The Hall–Kier alpha value is -3.62. The van der Waals surface area contributed by atoms with Crippen molar-refractivity contribution in [3.8, 4) is 11.1 Å². The summed E-state index contributed by atoms with van der Waals surface area (Å²) in [6.07, 6.45) is 3.83. The van der Waals surface area contributed by atoms with Gasteiger partial charge in [0.1, 0.15) is 5.69 Å². The van der Waals surface area contributed by atoms with E-state index in [1.54, 1.807) is 24.0 Å². The third-order valence-electron chi connectivity index (χ3n) is 5.00. The van der Waals surface area contributed by atoms with E-state index in [4.69, 9.17) is 0 Å². The molecular formula is C24H23N5O2S. The van der Waals surface area contributed by atoms with Gasteiger partial charge in [-0.15, -0.1) is 11.3 Å². The number of carbonyl (C=O) groups is 1. The second kappa shape index (κ2) is 10.1. The Kier molecular flexibility index (Phi) is 6.84. The smallest absolute Gasteiger partial charge is 0.271 e. The zero-order valence-corrected chi connectivity index (χ0v) is 18.4. The summed E-state index contributed by atoms with van der Waals surface area (Å²) in [5, 5.41) is 8.02. The average molecular weight is 446 g/mol. The largest absolute Gasteiger partial charge is 0.327 e. The molecule has 0 fully saturated rings. The predicted octanol–water partition coefficient (Wildman–Crippen LogP) is 3.54. The topological polar surface area (TPSA) is 99.8 Å². The van der Waals surface area contributed by atoms with Gasteiger partial charge >= 0.3 is 0 Å². The van der Waals surface area contributed by atoms with Crippen LogP contribution in [0.2, 0.25) is 0 Å². The maximum absolute atomic E-state index is 13.2. The molecule has 0 bridgehead atoms. The number of hydrogen-bond acceptors (Lipinski definition) is 6. The Morgan fingerprint density at radius 2 is 1.97 bits per heavy atom. The first-order valence-corrected chi connectivity index (χ1v) is 11.1. The SMILES string of the molecule is Cc1cc(-c2c[nH]c(=O)c(NC(=O)[C@H](Cc3ccccc3)NCc3cscn3)c2)ccn1. The van der Waals surface area contributed by atoms with Crippen molar-refractivity contribution < 1.29 is 4.79 Å². The van der Waals surface area contributed by atoms with Gasteiger partial charge in [-0.3, -0.25) is 19.9 Å². The number of hydrogen-bond donors (Lipinski definition) is 3. The number of pyridine rings is 2. The summed E-state index contributed by atoms with van der Waals surface area (Å²) in [5.74, 6) is -0.280. The number of amides is 1. The summed E-state index contributed by atoms with van der Waals surface area (Å²) in [6, 6.07) is 14.7. The Labute approximate surface area is 189 Å². The van der Waals surface area contributed by atoms with Crippen molar-refractivity contribution >= 4 is 22.9 Å². The maximum atomic E-state index is 13.2. The van der Waals surface area contributed by atoms with Gasteiger partial charge in [-0.25, -0.2) is 4.98 Å². The number of thiazole rings is 1. The average Bonchev–Trinajstić information content (AvgIpc) is 3.32. The van der Waals surface area contributed by atoms with E-state index in [0.29, 0.717) is 13.0 Å². The molecule has 7 nitrogen and oxygen atoms in total. The summed E-state index contributed by atoms with van der Waals surface area (Å²) >= 11 is 1.51. The van der Waals surface area contributed by atoms with Gasteiger partial charge in [-0.2, -0.15) is 0 Å². The maximum Gasteiger partial charge on any atom is 0.271 e. The molecule has 0 saturated carbocycles. The van der Waals surface area contributed by atoms with E-state index in [1.807, 2.05) is 54.8 Å². The minimum atomic E-state index is -0.537. The molecule has 0 aliphatic rings. The van der Waals surface area contributed by atoms with Crippen molar-refractivity contribution in [3.63, 3.8) is 0 Å². The van der Waals surface area contributed by atoms with Crippen molar-refractivity contribution in [2.24, 2.45) is 0 Å². The number of nitrogens with one attached hydrogen (secondary N) is 3. The summed E-state index contributed by atoms with van der Waals surface area (Å²) in [6.45, 7) is 2.36. The van der Waals surface area contributed by atoms with Crippen LogP contribution in [-0.2, 0) is 17.8 Å². The van der Waals surface area contributed by atoms with Crippen LogP contribution in [-0.4, -0.2) is 26.9 Å². The zero-order chi connectivity index (χ0) is 22.3. The van der Waals surface area contributed by atoms with Crippen LogP contribution in [0, 0.1) is 6.92 Å². The lowest BCUT2D eigenvalue weighted by molar-refractivity contribution is -0.118. The molecule has 1 atom stereocenters. The summed E-state index contributed by atoms with van der Waals surface area (Å²) < 4.78 is 0. The molecule has 162 valence electrons. The number of carbonyl (C=O) groups excluding carboxylic acids is 1. The van der Waals surface area contributed by atoms with Gasteiger partial charge in [-0.1, -0.05) is 30.3 Å². The molecule has 0 aliphatic heterocycles. The Bertz CT molecular complexity index is 1240. The van der Waals surface area contributed by atoms with Crippen LogP contribution in [0.25, 0.3) is 11.1 Å². The monoisotopic (exact) mass is 445 g/mol. The van der Waals surface area contributed by atoms with Gasteiger partial charge in [0.05, 0.1) is 17.2 Å². The van der Waals surface area contributed by atoms with Crippen LogP contribution in [0.3, 0.4) is 0 Å². The number of aromatic amines is 1. The molecular weight excluding hydrogens is 422 g/mol. The van der Waals surface area contributed by atoms with Gasteiger partial charge in [0.25, 0.3) is 5.56 Å². The van der Waals surface area contributed by atoms with Crippen LogP contribution in [0.4, 0.5) is 5.69 Å². The Morgan fingerprint density at radius 3 is 2.72 bits per heavy atom. The number of benzene rings is 1. The highest BCUT2D eigenvalue weighted by molar-refractivity contribution is 7.07. The number of nitrogens with zero attached hydrogens (tertiary/aromatic N) is 2. The third kappa shape index (κ3) is 5.54. The molecule has 0 spiro atoms. The first-order valence-electron chi connectivity index (χ1n) is 10.2. The fraction of sp³-hybridized carbons (Fsp3) is 0.167. The highest BCUT2D eigenvalue weighted by atomic mass is 32.1. The van der Waals surface area contributed by atoms with Gasteiger partial charge in [0.15, 0.2) is 0 Å². The molecule has 32 heavy (non-hydrogen) atoms. The van der Waals surface area contributed by atoms with E-state index >= 15 is 0 Å². The van der Waals surface area contributed by atoms with Crippen molar-refractivity contribution in [1.82, 2.24) is 20.3 Å². The molecule has 3 heterocycles. The quantitative estimate of drug-likeness (QED) is 0.385. The summed E-state index contributed by atoms with van der Waals surface area (Å²) in [7, 11) is 0. The lowest BCUT2D eigenvalue weighted by Gasteiger charge is -2.18. The first-order chi connectivity index (χ1) is 15.6. The number of rotatable bonds is 8. The minimum Gasteiger partial charge on any atom is -0.327 e. The molecule has 0 unspecified atom stereocenters. The molecule has 4 aromatic rings. The fourth-order valence-electron chi connectivity index (χ4n) is 3.35. The van der Waals surface area contributed by atoms with Crippen molar-refractivity contribution in [2.45, 2.75) is 25.9 Å². The molecule has 4 rings (SSSR count). The van der Waals surface area contributed by atoms with E-state index in [-0.39, 0.29) is 17.2 Å². The fourth-order valence-corrected chi connectivity index (χ4v) is 3.91. The molecule has 3 N–H and O–H groups in total. The van der Waals surface area contributed by atoms with Gasteiger partial charge in [0, 0.05) is 35.6 Å². The second-order valence-electron chi connectivity index (χ2n) is 7.41. The molecule has 0 aliphatic carbocycles. The lowest BCUT2D eigenvalue weighted by Crippen LogP contribution is -2.42. The van der Waals surface area contributed by atoms with Crippen LogP contribution in [0.15, 0.2) is 76.6 Å². The van der Waals surface area contributed by atoms with Gasteiger partial charge < -0.3 is 10.3 Å². The van der Waals surface area contributed by atoms with E-state index < -0.39 is 6.04 Å². The van der Waals surface area contributed by atoms with Crippen molar-refractivity contribution in [3.05, 3.63) is 99.1 Å². The van der Waals surface area contributed by atoms with E-state index in [2.05, 4.69) is 25.6 Å². The standard InChI is InChI=1S/C24H23N5O2S/c1-16-9-18(7-8-25-16)19-11-22(23(30)27-12-19)29-24(31)21(10-17-5-3-2-4-6-17)26-13-20-14-32-15-28-20/h2-9,11-12,14-15,21,26H,10,13H2,1H3,(H,27,30)(H,29,31)/t21-/m0/s1. The number of H-pyrrole nitrogens is 1. The first kappa shape index (κ1) is 21.6. The van der Waals surface area contributed by atoms with Gasteiger partial charge in [0.2, 0.25) is 5.91 Å². The molecule has 0 saturated heterocycles. The van der Waals surface area contributed by atoms with E-state index in [1.165, 1.54) is 11.3 Å². The zero-order valence-electron chi connectivity index (χ0n) is 17.5. The summed E-state index contributed by atoms with van der Waals surface area (Å²) in [5.41, 5.74) is 6.07. The third-order valence-corrected chi connectivity index (χ3v) is 5.64. The lowest BCUT2D eigenvalue weighted by atomic mass is 10.0. The minimum absolute atomic E-state index is 0.204. The summed E-state index contributed by atoms with van der Waals surface area (Å²) in [4.78, 5) is 36.8. The van der Waals surface area contributed by atoms with E-state index in [9.17, 15) is 9.59 Å². The highest BCUT2D eigenvalue weighted by Crippen LogP contribution is 2.20. The van der Waals surface area contributed by atoms with Crippen LogP contribution in [0.5, 0.6) is 0 Å². The molecule has 0 radical (unpaired) electrons. The second-order valence-corrected chi connectivity index (χ2v) is 8.13. The molecule has 1 amide bonds.